The fourth-order valence-corrected chi connectivity index (χ4v) is 2.22. The lowest BCUT2D eigenvalue weighted by Gasteiger charge is -2.47. The first kappa shape index (κ1) is 10.3. The highest BCUT2D eigenvalue weighted by Crippen LogP contribution is 2.52. The summed E-state index contributed by atoms with van der Waals surface area (Å²) < 4.78 is 0. The van der Waals surface area contributed by atoms with Gasteiger partial charge >= 0.3 is 0 Å². The molecule has 1 atom stereocenters. The third kappa shape index (κ3) is 1.50. The van der Waals surface area contributed by atoms with Crippen LogP contribution in [0.4, 0.5) is 0 Å². The van der Waals surface area contributed by atoms with Gasteiger partial charge in [-0.2, -0.15) is 5.26 Å². The Kier molecular flexibility index (Phi) is 2.52. The van der Waals surface area contributed by atoms with Crippen LogP contribution in [-0.2, 0) is 0 Å². The Morgan fingerprint density at radius 1 is 1.46 bits per heavy atom. The minimum Gasteiger partial charge on any atom is -0.198 e. The molecule has 13 heavy (non-hydrogen) atoms. The molecule has 0 N–H and O–H groups in total. The second-order valence-corrected chi connectivity index (χ2v) is 4.98. The van der Waals surface area contributed by atoms with Gasteiger partial charge in [0.05, 0.1) is 6.07 Å². The van der Waals surface area contributed by atoms with Crippen LogP contribution in [0.25, 0.3) is 0 Å². The molecule has 1 aliphatic rings. The van der Waals surface area contributed by atoms with E-state index in [1.807, 2.05) is 0 Å². The van der Waals surface area contributed by atoms with Gasteiger partial charge in [0.2, 0.25) is 0 Å². The number of nitriles is 1. The molecule has 0 heterocycles. The molecule has 1 heteroatoms. The molecule has 0 aromatic rings. The summed E-state index contributed by atoms with van der Waals surface area (Å²) in [4.78, 5) is 0. The largest absolute Gasteiger partial charge is 0.198 e. The molecular formula is C12H19N. The summed E-state index contributed by atoms with van der Waals surface area (Å²) in [6.07, 6.45) is 5.30. The van der Waals surface area contributed by atoms with Crippen LogP contribution in [0.2, 0.25) is 0 Å². The van der Waals surface area contributed by atoms with Crippen molar-refractivity contribution in [2.45, 2.75) is 47.0 Å². The van der Waals surface area contributed by atoms with E-state index in [1.54, 1.807) is 0 Å². The Hall–Kier alpha value is -0.770. The fourth-order valence-electron chi connectivity index (χ4n) is 2.22. The second-order valence-electron chi connectivity index (χ2n) is 4.98. The van der Waals surface area contributed by atoms with Gasteiger partial charge in [-0.1, -0.05) is 32.4 Å². The Bertz CT molecular complexity index is 267. The zero-order valence-corrected chi connectivity index (χ0v) is 9.15. The molecule has 0 spiro atoms. The van der Waals surface area contributed by atoms with E-state index in [0.29, 0.717) is 6.42 Å². The minimum atomic E-state index is 0.0833. The van der Waals surface area contributed by atoms with Gasteiger partial charge in [0.1, 0.15) is 0 Å². The molecule has 0 bridgehead atoms. The van der Waals surface area contributed by atoms with Crippen LogP contribution < -0.4 is 0 Å². The minimum absolute atomic E-state index is 0.0833. The molecule has 0 aromatic heterocycles. The number of nitrogens with zero attached hydrogens (tertiary/aromatic N) is 1. The summed E-state index contributed by atoms with van der Waals surface area (Å²) in [6, 6.07) is 2.32. The van der Waals surface area contributed by atoms with Crippen LogP contribution in [0.1, 0.15) is 47.0 Å². The van der Waals surface area contributed by atoms with E-state index < -0.39 is 0 Å². The lowest BCUT2D eigenvalue weighted by atomic mass is 9.57. The van der Waals surface area contributed by atoms with Crippen LogP contribution >= 0.6 is 0 Å². The van der Waals surface area contributed by atoms with Crippen molar-refractivity contribution >= 4 is 0 Å². The molecular weight excluding hydrogens is 158 g/mol. The Morgan fingerprint density at radius 3 is 2.54 bits per heavy atom. The molecule has 72 valence electrons. The van der Waals surface area contributed by atoms with Crippen LogP contribution in [0.5, 0.6) is 0 Å². The monoisotopic (exact) mass is 177 g/mol. The predicted octanol–water partition coefficient (Wildman–Crippen LogP) is 3.67. The molecule has 1 nitrogen and oxygen atoms in total. The molecule has 0 radical (unpaired) electrons. The van der Waals surface area contributed by atoms with E-state index in [9.17, 15) is 0 Å². The van der Waals surface area contributed by atoms with Crippen molar-refractivity contribution in [2.24, 2.45) is 10.8 Å². The van der Waals surface area contributed by atoms with Crippen molar-refractivity contribution in [3.05, 3.63) is 11.6 Å². The van der Waals surface area contributed by atoms with E-state index in [1.165, 1.54) is 18.4 Å². The SMILES string of the molecule is CC1=CCCC(C)(C)[C@]1(C)CC#N. The number of hydrogen-bond donors (Lipinski definition) is 0. The van der Waals surface area contributed by atoms with E-state index in [-0.39, 0.29) is 10.8 Å². The van der Waals surface area contributed by atoms with Gasteiger partial charge in [0.25, 0.3) is 0 Å². The molecule has 1 rings (SSSR count). The number of hydrogen-bond acceptors (Lipinski definition) is 1. The van der Waals surface area contributed by atoms with Gasteiger partial charge < -0.3 is 0 Å². The quantitative estimate of drug-likeness (QED) is 0.560. The zero-order valence-electron chi connectivity index (χ0n) is 9.15. The smallest absolute Gasteiger partial charge is 0.0631 e. The topological polar surface area (TPSA) is 23.8 Å². The van der Waals surface area contributed by atoms with Crippen molar-refractivity contribution in [1.82, 2.24) is 0 Å². The van der Waals surface area contributed by atoms with Gasteiger partial charge in [-0.15, -0.1) is 0 Å². The highest BCUT2D eigenvalue weighted by Gasteiger charge is 2.43. The summed E-state index contributed by atoms with van der Waals surface area (Å²) in [5.41, 5.74) is 1.74. The maximum Gasteiger partial charge on any atom is 0.0631 e. The van der Waals surface area contributed by atoms with Crippen molar-refractivity contribution in [3.8, 4) is 6.07 Å². The summed E-state index contributed by atoms with van der Waals surface area (Å²) in [6.45, 7) is 8.95. The first-order valence-electron chi connectivity index (χ1n) is 4.98. The normalized spacial score (nSPS) is 32.1. The van der Waals surface area contributed by atoms with Crippen molar-refractivity contribution in [3.63, 3.8) is 0 Å². The van der Waals surface area contributed by atoms with Crippen LogP contribution in [0, 0.1) is 22.2 Å². The Labute approximate surface area is 81.5 Å². The maximum absolute atomic E-state index is 8.86. The van der Waals surface area contributed by atoms with Gasteiger partial charge in [0, 0.05) is 11.8 Å². The van der Waals surface area contributed by atoms with Gasteiger partial charge in [-0.3, -0.25) is 0 Å². The molecule has 0 saturated carbocycles. The molecule has 0 amide bonds. The molecule has 0 aliphatic heterocycles. The Morgan fingerprint density at radius 2 is 2.08 bits per heavy atom. The van der Waals surface area contributed by atoms with Crippen molar-refractivity contribution in [1.29, 1.82) is 5.26 Å². The predicted molar refractivity (Wildman–Crippen MR) is 55.1 cm³/mol. The Balaban J connectivity index is 3.07. The number of rotatable bonds is 1. The first-order chi connectivity index (χ1) is 5.94. The van der Waals surface area contributed by atoms with Crippen LogP contribution in [0.15, 0.2) is 11.6 Å². The summed E-state index contributed by atoms with van der Waals surface area (Å²) in [5, 5.41) is 8.86. The van der Waals surface area contributed by atoms with Crippen LogP contribution in [-0.4, -0.2) is 0 Å². The standard InChI is InChI=1S/C12H19N/c1-10-6-5-7-11(2,3)12(10,4)8-9-13/h6H,5,7-8H2,1-4H3/t12-/m1/s1. The van der Waals surface area contributed by atoms with E-state index in [4.69, 9.17) is 5.26 Å². The highest BCUT2D eigenvalue weighted by atomic mass is 14.5. The second kappa shape index (κ2) is 3.18. The molecule has 0 saturated heterocycles. The summed E-state index contributed by atoms with van der Waals surface area (Å²) >= 11 is 0. The average Bonchev–Trinajstić information content (AvgIpc) is 2.01. The lowest BCUT2D eigenvalue weighted by Crippen LogP contribution is -2.38. The lowest BCUT2D eigenvalue weighted by molar-refractivity contribution is 0.112. The van der Waals surface area contributed by atoms with Crippen molar-refractivity contribution < 1.29 is 0 Å². The fraction of sp³-hybridized carbons (Fsp3) is 0.750. The number of allylic oxidation sites excluding steroid dienone is 2. The molecule has 0 aromatic carbocycles. The molecule has 1 aliphatic carbocycles. The first-order valence-corrected chi connectivity index (χ1v) is 4.98. The molecule has 0 unspecified atom stereocenters. The summed E-state index contributed by atoms with van der Waals surface area (Å²) in [7, 11) is 0. The van der Waals surface area contributed by atoms with E-state index >= 15 is 0 Å². The highest BCUT2D eigenvalue weighted by molar-refractivity contribution is 5.21. The third-order valence-electron chi connectivity index (χ3n) is 4.02. The van der Waals surface area contributed by atoms with Crippen LogP contribution in [0.3, 0.4) is 0 Å². The zero-order chi connectivity index (χ0) is 10.1. The summed E-state index contributed by atoms with van der Waals surface area (Å²) in [5.74, 6) is 0. The van der Waals surface area contributed by atoms with Gasteiger partial charge in [-0.05, 0) is 25.2 Å². The van der Waals surface area contributed by atoms with Gasteiger partial charge in [0.15, 0.2) is 0 Å². The maximum atomic E-state index is 8.86. The van der Waals surface area contributed by atoms with Crippen molar-refractivity contribution in [2.75, 3.05) is 0 Å². The van der Waals surface area contributed by atoms with E-state index in [2.05, 4.69) is 39.8 Å². The third-order valence-corrected chi connectivity index (χ3v) is 4.02. The van der Waals surface area contributed by atoms with E-state index in [0.717, 1.165) is 0 Å². The molecule has 0 fully saturated rings. The van der Waals surface area contributed by atoms with Gasteiger partial charge in [-0.25, -0.2) is 0 Å². The average molecular weight is 177 g/mol.